The summed E-state index contributed by atoms with van der Waals surface area (Å²) in [6.07, 6.45) is 7.81. The Kier molecular flexibility index (Phi) is 3.74. The third-order valence-electron chi connectivity index (χ3n) is 4.79. The molecule has 3 rings (SSSR count). The first-order valence-electron chi connectivity index (χ1n) is 7.53. The van der Waals surface area contributed by atoms with Crippen molar-refractivity contribution in [3.8, 4) is 0 Å². The van der Waals surface area contributed by atoms with Crippen molar-refractivity contribution < 1.29 is 4.79 Å². The summed E-state index contributed by atoms with van der Waals surface area (Å²) < 4.78 is 1.65. The van der Waals surface area contributed by atoms with E-state index in [0.29, 0.717) is 12.1 Å². The Labute approximate surface area is 119 Å². The lowest BCUT2D eigenvalue weighted by atomic mass is 10.0. The van der Waals surface area contributed by atoms with Crippen molar-refractivity contribution in [1.29, 1.82) is 0 Å². The van der Waals surface area contributed by atoms with E-state index in [0.717, 1.165) is 25.9 Å². The zero-order chi connectivity index (χ0) is 14.1. The number of carbonyl (C=O) groups excluding carboxylic acids is 1. The molecule has 0 bridgehead atoms. The van der Waals surface area contributed by atoms with E-state index in [1.165, 1.54) is 19.2 Å². The van der Waals surface area contributed by atoms with Crippen LogP contribution in [0.4, 0.5) is 0 Å². The van der Waals surface area contributed by atoms with Gasteiger partial charge in [0.05, 0.1) is 0 Å². The topological polar surface area (TPSA) is 54.3 Å². The van der Waals surface area contributed by atoms with Crippen LogP contribution in [-0.2, 0) is 4.79 Å². The van der Waals surface area contributed by atoms with E-state index in [4.69, 9.17) is 0 Å². The van der Waals surface area contributed by atoms with E-state index in [1.54, 1.807) is 11.0 Å². The lowest BCUT2D eigenvalue weighted by Gasteiger charge is -2.34. The first-order valence-corrected chi connectivity index (χ1v) is 7.53. The van der Waals surface area contributed by atoms with Crippen LogP contribution in [0.3, 0.4) is 0 Å². The summed E-state index contributed by atoms with van der Waals surface area (Å²) in [5, 5.41) is 4.09. The Hall–Kier alpha value is -1.43. The number of likely N-dealkylation sites (N-methyl/N-ethyl adjacent to an activating group) is 1. The number of hydrogen-bond acceptors (Lipinski definition) is 4. The highest BCUT2D eigenvalue weighted by Crippen LogP contribution is 2.30. The van der Waals surface area contributed by atoms with Gasteiger partial charge in [0, 0.05) is 18.6 Å². The summed E-state index contributed by atoms with van der Waals surface area (Å²) in [6, 6.07) is 0.648. The lowest BCUT2D eigenvalue weighted by Crippen LogP contribution is -2.48. The fourth-order valence-electron chi connectivity index (χ4n) is 3.66. The third kappa shape index (κ3) is 2.32. The Bertz CT molecular complexity index is 460. The van der Waals surface area contributed by atoms with Gasteiger partial charge in [0.2, 0.25) is 5.91 Å². The van der Waals surface area contributed by atoms with E-state index < -0.39 is 0 Å². The van der Waals surface area contributed by atoms with Crippen molar-refractivity contribution in [2.75, 3.05) is 20.1 Å². The molecule has 2 aliphatic heterocycles. The van der Waals surface area contributed by atoms with Crippen LogP contribution in [0.5, 0.6) is 0 Å². The molecular formula is C14H23N5O. The van der Waals surface area contributed by atoms with Gasteiger partial charge in [-0.15, -0.1) is 0 Å². The van der Waals surface area contributed by atoms with Gasteiger partial charge in [-0.2, -0.15) is 5.10 Å². The van der Waals surface area contributed by atoms with Crippen molar-refractivity contribution in [1.82, 2.24) is 24.6 Å². The largest absolute Gasteiger partial charge is 0.336 e. The second-order valence-corrected chi connectivity index (χ2v) is 5.98. The molecule has 110 valence electrons. The van der Waals surface area contributed by atoms with E-state index >= 15 is 0 Å². The molecule has 3 atom stereocenters. The zero-order valence-electron chi connectivity index (χ0n) is 12.3. The summed E-state index contributed by atoms with van der Waals surface area (Å²) in [7, 11) is 2.18. The van der Waals surface area contributed by atoms with Crippen LogP contribution in [0, 0.1) is 0 Å². The molecule has 0 aromatic carbocycles. The van der Waals surface area contributed by atoms with Crippen LogP contribution >= 0.6 is 0 Å². The van der Waals surface area contributed by atoms with E-state index in [-0.39, 0.29) is 11.9 Å². The fraction of sp³-hybridized carbons (Fsp3) is 0.786. The van der Waals surface area contributed by atoms with E-state index in [2.05, 4.69) is 26.9 Å². The van der Waals surface area contributed by atoms with Gasteiger partial charge in [0.15, 0.2) is 0 Å². The number of rotatable bonds is 3. The number of aromatic nitrogens is 3. The summed E-state index contributed by atoms with van der Waals surface area (Å²) in [5.41, 5.74) is 0. The van der Waals surface area contributed by atoms with Crippen LogP contribution in [0.15, 0.2) is 12.7 Å². The molecule has 0 saturated carbocycles. The van der Waals surface area contributed by atoms with Crippen LogP contribution < -0.4 is 0 Å². The minimum atomic E-state index is -0.259. The second-order valence-electron chi connectivity index (χ2n) is 5.98. The summed E-state index contributed by atoms with van der Waals surface area (Å²) in [4.78, 5) is 21.2. The molecule has 2 aliphatic rings. The summed E-state index contributed by atoms with van der Waals surface area (Å²) in [5.74, 6) is 0.179. The van der Waals surface area contributed by atoms with Gasteiger partial charge in [-0.25, -0.2) is 9.67 Å². The van der Waals surface area contributed by atoms with Crippen molar-refractivity contribution in [3.63, 3.8) is 0 Å². The highest BCUT2D eigenvalue weighted by molar-refractivity contribution is 5.80. The molecule has 20 heavy (non-hydrogen) atoms. The van der Waals surface area contributed by atoms with Gasteiger partial charge in [-0.05, 0) is 46.2 Å². The number of hydrogen-bond donors (Lipinski definition) is 0. The first kappa shape index (κ1) is 13.5. The average molecular weight is 277 g/mol. The Morgan fingerprint density at radius 3 is 2.65 bits per heavy atom. The maximum absolute atomic E-state index is 12.7. The predicted octanol–water partition coefficient (Wildman–Crippen LogP) is 0.924. The maximum atomic E-state index is 12.7. The second kappa shape index (κ2) is 5.52. The number of carbonyl (C=O) groups is 1. The Balaban J connectivity index is 1.73. The highest BCUT2D eigenvalue weighted by Gasteiger charge is 2.39. The molecule has 6 nitrogen and oxygen atoms in total. The lowest BCUT2D eigenvalue weighted by molar-refractivity contribution is -0.136. The monoisotopic (exact) mass is 277 g/mol. The van der Waals surface area contributed by atoms with Gasteiger partial charge in [0.25, 0.3) is 0 Å². The highest BCUT2D eigenvalue weighted by atomic mass is 16.2. The fourth-order valence-corrected chi connectivity index (χ4v) is 3.66. The number of amides is 1. The molecule has 0 N–H and O–H groups in total. The molecule has 3 heterocycles. The molecule has 3 unspecified atom stereocenters. The molecule has 1 aromatic heterocycles. The van der Waals surface area contributed by atoms with E-state index in [9.17, 15) is 4.79 Å². The quantitative estimate of drug-likeness (QED) is 0.824. The Morgan fingerprint density at radius 1 is 1.25 bits per heavy atom. The standard InChI is InChI=1S/C14H23N5O/c1-11(19-10-15-9-16-19)14(20)18-8-4-6-13(18)12-5-3-7-17(12)2/h9-13H,3-8H2,1-2H3. The van der Waals surface area contributed by atoms with Gasteiger partial charge < -0.3 is 9.80 Å². The van der Waals surface area contributed by atoms with Gasteiger partial charge >= 0.3 is 0 Å². The molecule has 0 radical (unpaired) electrons. The maximum Gasteiger partial charge on any atom is 0.247 e. The molecule has 2 fully saturated rings. The Morgan fingerprint density at radius 2 is 2.00 bits per heavy atom. The minimum Gasteiger partial charge on any atom is -0.336 e. The molecule has 1 aromatic rings. The van der Waals surface area contributed by atoms with Gasteiger partial charge in [0.1, 0.15) is 18.7 Å². The zero-order valence-corrected chi connectivity index (χ0v) is 12.3. The van der Waals surface area contributed by atoms with Crippen LogP contribution in [-0.4, -0.2) is 62.7 Å². The van der Waals surface area contributed by atoms with Crippen molar-refractivity contribution >= 4 is 5.91 Å². The van der Waals surface area contributed by atoms with Gasteiger partial charge in [-0.1, -0.05) is 0 Å². The van der Waals surface area contributed by atoms with Crippen molar-refractivity contribution in [2.45, 2.75) is 50.7 Å². The summed E-state index contributed by atoms with van der Waals surface area (Å²) >= 11 is 0. The van der Waals surface area contributed by atoms with Gasteiger partial charge in [-0.3, -0.25) is 4.79 Å². The third-order valence-corrected chi connectivity index (χ3v) is 4.79. The summed E-state index contributed by atoms with van der Waals surface area (Å²) in [6.45, 7) is 3.94. The normalized spacial score (nSPS) is 29.0. The van der Waals surface area contributed by atoms with Crippen molar-refractivity contribution in [2.24, 2.45) is 0 Å². The average Bonchev–Trinajstić information content (AvgIpc) is 3.17. The molecule has 1 amide bonds. The predicted molar refractivity (Wildman–Crippen MR) is 75.1 cm³/mol. The minimum absolute atomic E-state index is 0.179. The number of nitrogens with zero attached hydrogens (tertiary/aromatic N) is 5. The molecular weight excluding hydrogens is 254 g/mol. The molecule has 6 heteroatoms. The van der Waals surface area contributed by atoms with Crippen molar-refractivity contribution in [3.05, 3.63) is 12.7 Å². The smallest absolute Gasteiger partial charge is 0.247 e. The first-order chi connectivity index (χ1) is 9.68. The molecule has 0 spiro atoms. The molecule has 0 aliphatic carbocycles. The SMILES string of the molecule is CC(C(=O)N1CCCC1C1CCCN1C)n1cncn1. The van der Waals surface area contributed by atoms with Crippen LogP contribution in [0.1, 0.15) is 38.6 Å². The van der Waals surface area contributed by atoms with Crippen LogP contribution in [0.25, 0.3) is 0 Å². The van der Waals surface area contributed by atoms with E-state index in [1.807, 2.05) is 6.92 Å². The van der Waals surface area contributed by atoms with Crippen LogP contribution in [0.2, 0.25) is 0 Å². The number of likely N-dealkylation sites (tertiary alicyclic amines) is 2. The molecule has 2 saturated heterocycles.